The van der Waals surface area contributed by atoms with E-state index in [-0.39, 0.29) is 5.78 Å². The summed E-state index contributed by atoms with van der Waals surface area (Å²) in [5.41, 5.74) is 7.26. The predicted molar refractivity (Wildman–Crippen MR) is 71.8 cm³/mol. The van der Waals surface area contributed by atoms with Gasteiger partial charge in [0.05, 0.1) is 0 Å². The fourth-order valence-electron chi connectivity index (χ4n) is 1.68. The van der Waals surface area contributed by atoms with Crippen LogP contribution in [-0.2, 0) is 11.2 Å². The van der Waals surface area contributed by atoms with Crippen LogP contribution in [0, 0.1) is 0 Å². The van der Waals surface area contributed by atoms with Crippen molar-refractivity contribution in [2.24, 2.45) is 0 Å². The van der Waals surface area contributed by atoms with E-state index in [1.165, 1.54) is 0 Å². The number of hydrogen-bond donors (Lipinski definition) is 1. The fraction of sp³-hybridized carbons (Fsp3) is 0.133. The van der Waals surface area contributed by atoms with Crippen LogP contribution in [0.15, 0.2) is 48.5 Å². The first-order chi connectivity index (χ1) is 8.63. The lowest BCUT2D eigenvalue weighted by Crippen LogP contribution is -1.96. The van der Waals surface area contributed by atoms with Crippen molar-refractivity contribution in [2.75, 3.05) is 5.73 Å². The monoisotopic (exact) mass is 241 g/mol. The van der Waals surface area contributed by atoms with Gasteiger partial charge in [-0.1, -0.05) is 12.1 Å². The molecule has 0 aromatic heterocycles. The van der Waals surface area contributed by atoms with E-state index in [0.717, 1.165) is 17.1 Å². The first-order valence-corrected chi connectivity index (χ1v) is 5.75. The maximum atomic E-state index is 11.1. The van der Waals surface area contributed by atoms with Gasteiger partial charge in [-0.05, 0) is 48.9 Å². The zero-order chi connectivity index (χ0) is 13.0. The van der Waals surface area contributed by atoms with Gasteiger partial charge in [0.1, 0.15) is 17.3 Å². The number of carbonyl (C=O) groups is 1. The highest BCUT2D eigenvalue weighted by molar-refractivity contribution is 5.78. The van der Waals surface area contributed by atoms with Crippen molar-refractivity contribution < 1.29 is 9.53 Å². The number of benzene rings is 2. The van der Waals surface area contributed by atoms with E-state index < -0.39 is 0 Å². The average molecular weight is 241 g/mol. The zero-order valence-corrected chi connectivity index (χ0v) is 10.2. The highest BCUT2D eigenvalue weighted by atomic mass is 16.5. The highest BCUT2D eigenvalue weighted by Crippen LogP contribution is 2.23. The number of Topliss-reactive ketones (excluding diaryl/α,β-unsaturated/α-hetero) is 1. The van der Waals surface area contributed by atoms with Gasteiger partial charge in [-0.2, -0.15) is 0 Å². The Morgan fingerprint density at radius 1 is 1.11 bits per heavy atom. The molecule has 0 saturated carbocycles. The second-order valence-electron chi connectivity index (χ2n) is 4.20. The van der Waals surface area contributed by atoms with Crippen LogP contribution in [-0.4, -0.2) is 5.78 Å². The Kier molecular flexibility index (Phi) is 3.63. The number of hydrogen-bond acceptors (Lipinski definition) is 3. The molecule has 2 rings (SSSR count). The summed E-state index contributed by atoms with van der Waals surface area (Å²) in [6, 6.07) is 14.7. The molecule has 0 spiro atoms. The van der Waals surface area contributed by atoms with Crippen molar-refractivity contribution >= 4 is 11.5 Å². The second kappa shape index (κ2) is 5.36. The molecular weight excluding hydrogens is 226 g/mol. The SMILES string of the molecule is CC(=O)Cc1cccc(Oc2ccc(N)cc2)c1. The van der Waals surface area contributed by atoms with Crippen LogP contribution in [0.4, 0.5) is 5.69 Å². The third kappa shape index (κ3) is 3.35. The molecule has 2 aromatic rings. The number of nitrogens with two attached hydrogens (primary N) is 1. The Labute approximate surface area is 106 Å². The van der Waals surface area contributed by atoms with Crippen LogP contribution in [0.25, 0.3) is 0 Å². The fourth-order valence-corrected chi connectivity index (χ4v) is 1.68. The van der Waals surface area contributed by atoms with E-state index in [0.29, 0.717) is 12.1 Å². The molecule has 3 heteroatoms. The van der Waals surface area contributed by atoms with Gasteiger partial charge in [-0.3, -0.25) is 4.79 Å². The Balaban J connectivity index is 2.13. The molecule has 18 heavy (non-hydrogen) atoms. The normalized spacial score (nSPS) is 10.1. The quantitative estimate of drug-likeness (QED) is 0.836. The van der Waals surface area contributed by atoms with E-state index in [1.54, 1.807) is 19.1 Å². The second-order valence-corrected chi connectivity index (χ2v) is 4.20. The summed E-state index contributed by atoms with van der Waals surface area (Å²) in [4.78, 5) is 11.1. The van der Waals surface area contributed by atoms with Crippen molar-refractivity contribution in [3.63, 3.8) is 0 Å². The number of anilines is 1. The third-order valence-electron chi connectivity index (χ3n) is 2.47. The van der Waals surface area contributed by atoms with Crippen LogP contribution >= 0.6 is 0 Å². The lowest BCUT2D eigenvalue weighted by molar-refractivity contribution is -0.116. The molecule has 0 aliphatic rings. The van der Waals surface area contributed by atoms with Gasteiger partial charge < -0.3 is 10.5 Å². The standard InChI is InChI=1S/C15H15NO2/c1-11(17)9-12-3-2-4-15(10-12)18-14-7-5-13(16)6-8-14/h2-8,10H,9,16H2,1H3. The molecule has 0 atom stereocenters. The average Bonchev–Trinajstić information content (AvgIpc) is 2.32. The highest BCUT2D eigenvalue weighted by Gasteiger charge is 2.01. The van der Waals surface area contributed by atoms with E-state index in [2.05, 4.69) is 0 Å². The number of carbonyl (C=O) groups excluding carboxylic acids is 1. The van der Waals surface area contributed by atoms with Crippen molar-refractivity contribution in [1.82, 2.24) is 0 Å². The van der Waals surface area contributed by atoms with Crippen LogP contribution in [0.1, 0.15) is 12.5 Å². The minimum absolute atomic E-state index is 0.139. The summed E-state index contributed by atoms with van der Waals surface area (Å²) in [5.74, 6) is 1.59. The first kappa shape index (κ1) is 12.2. The van der Waals surface area contributed by atoms with Gasteiger partial charge in [0.25, 0.3) is 0 Å². The Morgan fingerprint density at radius 3 is 2.50 bits per heavy atom. The maximum Gasteiger partial charge on any atom is 0.134 e. The molecular formula is C15H15NO2. The summed E-state index contributed by atoms with van der Waals surface area (Å²) in [5, 5.41) is 0. The summed E-state index contributed by atoms with van der Waals surface area (Å²) < 4.78 is 5.69. The van der Waals surface area contributed by atoms with Crippen molar-refractivity contribution in [2.45, 2.75) is 13.3 Å². The van der Waals surface area contributed by atoms with Gasteiger partial charge in [0.2, 0.25) is 0 Å². The van der Waals surface area contributed by atoms with Crippen LogP contribution in [0.3, 0.4) is 0 Å². The first-order valence-electron chi connectivity index (χ1n) is 5.75. The molecule has 0 aliphatic heterocycles. The van der Waals surface area contributed by atoms with E-state index >= 15 is 0 Å². The third-order valence-corrected chi connectivity index (χ3v) is 2.47. The molecule has 0 radical (unpaired) electrons. The molecule has 0 aliphatic carbocycles. The predicted octanol–water partition coefficient (Wildman–Crippen LogP) is 3.19. The molecule has 0 bridgehead atoms. The maximum absolute atomic E-state index is 11.1. The van der Waals surface area contributed by atoms with Crippen molar-refractivity contribution in [3.8, 4) is 11.5 Å². The van der Waals surface area contributed by atoms with Gasteiger partial charge in [0.15, 0.2) is 0 Å². The molecule has 0 amide bonds. The van der Waals surface area contributed by atoms with Crippen LogP contribution < -0.4 is 10.5 Å². The Hall–Kier alpha value is -2.29. The van der Waals surface area contributed by atoms with E-state index in [1.807, 2.05) is 36.4 Å². The molecule has 2 aromatic carbocycles. The van der Waals surface area contributed by atoms with E-state index in [9.17, 15) is 4.79 Å². The summed E-state index contributed by atoms with van der Waals surface area (Å²) in [6.07, 6.45) is 0.430. The largest absolute Gasteiger partial charge is 0.457 e. The van der Waals surface area contributed by atoms with Crippen LogP contribution in [0.5, 0.6) is 11.5 Å². The Morgan fingerprint density at radius 2 is 1.83 bits per heavy atom. The lowest BCUT2D eigenvalue weighted by Gasteiger charge is -2.07. The molecule has 0 unspecified atom stereocenters. The van der Waals surface area contributed by atoms with Gasteiger partial charge in [-0.15, -0.1) is 0 Å². The minimum Gasteiger partial charge on any atom is -0.457 e. The number of rotatable bonds is 4. The van der Waals surface area contributed by atoms with Crippen LogP contribution in [0.2, 0.25) is 0 Å². The summed E-state index contributed by atoms with van der Waals surface area (Å²) >= 11 is 0. The number of ether oxygens (including phenoxy) is 1. The Bertz CT molecular complexity index is 547. The van der Waals surface area contributed by atoms with Gasteiger partial charge in [0, 0.05) is 12.1 Å². The molecule has 3 nitrogen and oxygen atoms in total. The number of ketones is 1. The zero-order valence-electron chi connectivity index (χ0n) is 10.2. The van der Waals surface area contributed by atoms with Crippen molar-refractivity contribution in [3.05, 3.63) is 54.1 Å². The summed E-state index contributed by atoms with van der Waals surface area (Å²) in [7, 11) is 0. The number of nitrogen functional groups attached to an aromatic ring is 1. The van der Waals surface area contributed by atoms with Gasteiger partial charge >= 0.3 is 0 Å². The lowest BCUT2D eigenvalue weighted by atomic mass is 10.1. The van der Waals surface area contributed by atoms with Crippen molar-refractivity contribution in [1.29, 1.82) is 0 Å². The summed E-state index contributed by atoms with van der Waals surface area (Å²) in [6.45, 7) is 1.58. The van der Waals surface area contributed by atoms with Gasteiger partial charge in [-0.25, -0.2) is 0 Å². The smallest absolute Gasteiger partial charge is 0.134 e. The molecule has 0 saturated heterocycles. The molecule has 0 fully saturated rings. The molecule has 0 heterocycles. The molecule has 92 valence electrons. The van der Waals surface area contributed by atoms with E-state index in [4.69, 9.17) is 10.5 Å². The minimum atomic E-state index is 0.139. The molecule has 2 N–H and O–H groups in total. The topological polar surface area (TPSA) is 52.3 Å².